The molecule has 0 saturated heterocycles. The maximum absolute atomic E-state index is 11.3. The van der Waals surface area contributed by atoms with Crippen molar-refractivity contribution in [3.63, 3.8) is 0 Å². The summed E-state index contributed by atoms with van der Waals surface area (Å²) >= 11 is 5.90. The molecule has 0 aliphatic rings. The zero-order valence-corrected chi connectivity index (χ0v) is 10.6. The molecule has 2 N–H and O–H groups in total. The van der Waals surface area contributed by atoms with E-state index in [1.165, 1.54) is 11.5 Å². The number of nitrogens with zero attached hydrogens (tertiary/aromatic N) is 1. The summed E-state index contributed by atoms with van der Waals surface area (Å²) in [5.74, 6) is -1.43. The molecule has 0 bridgehead atoms. The Bertz CT molecular complexity index is 661. The van der Waals surface area contributed by atoms with Crippen molar-refractivity contribution in [3.8, 4) is 0 Å². The van der Waals surface area contributed by atoms with Crippen LogP contribution in [0, 0.1) is 0 Å². The monoisotopic (exact) mass is 266 g/mol. The molecule has 0 radical (unpaired) electrons. The van der Waals surface area contributed by atoms with Gasteiger partial charge in [0, 0.05) is 24.4 Å². The van der Waals surface area contributed by atoms with Gasteiger partial charge in [-0.1, -0.05) is 11.6 Å². The summed E-state index contributed by atoms with van der Waals surface area (Å²) in [6.07, 6.45) is 0. The molecule has 0 spiro atoms. The summed E-state index contributed by atoms with van der Waals surface area (Å²) in [4.78, 5) is 22.5. The first kappa shape index (κ1) is 12.4. The molecule has 2 rings (SSSR count). The van der Waals surface area contributed by atoms with Gasteiger partial charge in [-0.2, -0.15) is 0 Å². The second-order valence-corrected chi connectivity index (χ2v) is 4.37. The molecule has 0 saturated carbocycles. The normalized spacial score (nSPS) is 10.6. The third-order valence-electron chi connectivity index (χ3n) is 2.67. The van der Waals surface area contributed by atoms with Crippen molar-refractivity contribution in [1.82, 2.24) is 4.57 Å². The predicted molar refractivity (Wildman–Crippen MR) is 69.2 cm³/mol. The van der Waals surface area contributed by atoms with Gasteiger partial charge >= 0.3 is 5.97 Å². The fraction of sp³-hybridized carbons (Fsp3) is 0.167. The zero-order chi connectivity index (χ0) is 13.4. The number of fused-ring (bicyclic) bond motifs is 1. The predicted octanol–water partition coefficient (Wildman–Crippen LogP) is 2.49. The van der Waals surface area contributed by atoms with Crippen molar-refractivity contribution in [3.05, 3.63) is 28.9 Å². The molecule has 18 heavy (non-hydrogen) atoms. The molecule has 2 aromatic rings. The van der Waals surface area contributed by atoms with Crippen molar-refractivity contribution in [1.29, 1.82) is 0 Å². The Balaban J connectivity index is 2.84. The summed E-state index contributed by atoms with van der Waals surface area (Å²) in [6, 6.07) is 5.02. The van der Waals surface area contributed by atoms with Gasteiger partial charge in [0.25, 0.3) is 0 Å². The number of carboxylic acid groups (broad SMARTS) is 1. The third kappa shape index (κ3) is 1.93. The zero-order valence-electron chi connectivity index (χ0n) is 9.82. The number of hydrogen-bond acceptors (Lipinski definition) is 2. The van der Waals surface area contributed by atoms with E-state index in [0.29, 0.717) is 15.9 Å². The molecular weight excluding hydrogens is 256 g/mol. The molecule has 1 heterocycles. The van der Waals surface area contributed by atoms with Crippen LogP contribution in [0.25, 0.3) is 10.9 Å². The van der Waals surface area contributed by atoms with Crippen molar-refractivity contribution < 1.29 is 14.7 Å². The van der Waals surface area contributed by atoms with Crippen LogP contribution in [0.4, 0.5) is 5.69 Å². The van der Waals surface area contributed by atoms with Gasteiger partial charge in [-0.25, -0.2) is 4.79 Å². The van der Waals surface area contributed by atoms with Gasteiger partial charge < -0.3 is 15.0 Å². The van der Waals surface area contributed by atoms with Crippen molar-refractivity contribution in [2.24, 2.45) is 7.05 Å². The van der Waals surface area contributed by atoms with Gasteiger partial charge in [0.05, 0.1) is 11.2 Å². The van der Waals surface area contributed by atoms with Gasteiger partial charge in [0.2, 0.25) is 5.91 Å². The summed E-state index contributed by atoms with van der Waals surface area (Å²) in [7, 11) is 1.63. The largest absolute Gasteiger partial charge is 0.477 e. The Labute approximate surface area is 108 Å². The summed E-state index contributed by atoms with van der Waals surface area (Å²) < 4.78 is 1.51. The van der Waals surface area contributed by atoms with E-state index in [-0.39, 0.29) is 17.3 Å². The highest BCUT2D eigenvalue weighted by molar-refractivity contribution is 6.31. The van der Waals surface area contributed by atoms with E-state index in [1.54, 1.807) is 25.2 Å². The van der Waals surface area contributed by atoms with Crippen molar-refractivity contribution in [2.45, 2.75) is 6.92 Å². The van der Waals surface area contributed by atoms with Crippen LogP contribution in [0.3, 0.4) is 0 Å². The molecule has 0 unspecified atom stereocenters. The Morgan fingerprint density at radius 2 is 2.06 bits per heavy atom. The average Bonchev–Trinajstić information content (AvgIpc) is 2.51. The van der Waals surface area contributed by atoms with Gasteiger partial charge in [0.15, 0.2) is 5.69 Å². The number of benzene rings is 1. The Morgan fingerprint density at radius 1 is 1.39 bits per heavy atom. The molecule has 5 nitrogen and oxygen atoms in total. The van der Waals surface area contributed by atoms with Crippen LogP contribution in [0.1, 0.15) is 17.4 Å². The van der Waals surface area contributed by atoms with Gasteiger partial charge in [0.1, 0.15) is 0 Å². The number of carbonyl (C=O) groups is 2. The SMILES string of the molecule is CC(=O)Nc1c(C(=O)O)n(C)c2ccc(Cl)cc12. The highest BCUT2D eigenvalue weighted by Crippen LogP contribution is 2.32. The summed E-state index contributed by atoms with van der Waals surface area (Å²) in [6.45, 7) is 1.33. The standard InChI is InChI=1S/C12H11ClN2O3/c1-6(16)14-10-8-5-7(13)3-4-9(8)15(2)11(10)12(17)18/h3-5H,1-2H3,(H,14,16)(H,17,18). The van der Waals surface area contributed by atoms with E-state index in [0.717, 1.165) is 0 Å². The third-order valence-corrected chi connectivity index (χ3v) is 2.90. The highest BCUT2D eigenvalue weighted by atomic mass is 35.5. The lowest BCUT2D eigenvalue weighted by atomic mass is 10.2. The number of hydrogen-bond donors (Lipinski definition) is 2. The molecule has 0 aliphatic heterocycles. The lowest BCUT2D eigenvalue weighted by Crippen LogP contribution is -2.12. The summed E-state index contributed by atoms with van der Waals surface area (Å²) in [5, 5.41) is 12.9. The Kier molecular flexibility index (Phi) is 3.00. The van der Waals surface area contributed by atoms with E-state index in [9.17, 15) is 14.7 Å². The number of aromatic carboxylic acids is 1. The first-order valence-corrected chi connectivity index (χ1v) is 5.58. The van der Waals surface area contributed by atoms with Crippen LogP contribution in [-0.4, -0.2) is 21.6 Å². The molecule has 1 aromatic carbocycles. The topological polar surface area (TPSA) is 71.3 Å². The van der Waals surface area contributed by atoms with Crippen molar-refractivity contribution in [2.75, 3.05) is 5.32 Å². The molecule has 6 heteroatoms. The second-order valence-electron chi connectivity index (χ2n) is 3.93. The smallest absolute Gasteiger partial charge is 0.354 e. The molecule has 0 fully saturated rings. The summed E-state index contributed by atoms with van der Waals surface area (Å²) in [5.41, 5.74) is 0.998. The molecule has 1 amide bonds. The van der Waals surface area contributed by atoms with Crippen LogP contribution in [0.5, 0.6) is 0 Å². The number of halogens is 1. The number of rotatable bonds is 2. The maximum atomic E-state index is 11.3. The lowest BCUT2D eigenvalue weighted by Gasteiger charge is -2.03. The minimum absolute atomic E-state index is 0.0301. The molecular formula is C12H11ClN2O3. The Hall–Kier alpha value is -2.01. The number of carbonyl (C=O) groups excluding carboxylic acids is 1. The fourth-order valence-electron chi connectivity index (χ4n) is 1.97. The average molecular weight is 267 g/mol. The van der Waals surface area contributed by atoms with E-state index in [4.69, 9.17) is 11.6 Å². The van der Waals surface area contributed by atoms with Gasteiger partial charge in [-0.15, -0.1) is 0 Å². The van der Waals surface area contributed by atoms with Gasteiger partial charge in [-0.05, 0) is 18.2 Å². The fourth-order valence-corrected chi connectivity index (χ4v) is 2.14. The minimum atomic E-state index is -1.10. The first-order valence-electron chi connectivity index (χ1n) is 5.20. The number of aromatic nitrogens is 1. The van der Waals surface area contributed by atoms with E-state index < -0.39 is 5.97 Å². The quantitative estimate of drug-likeness (QED) is 0.877. The molecule has 0 atom stereocenters. The number of nitrogens with one attached hydrogen (secondary N) is 1. The second kappa shape index (κ2) is 4.34. The van der Waals surface area contributed by atoms with Crippen molar-refractivity contribution >= 4 is 40.1 Å². The van der Waals surface area contributed by atoms with E-state index in [2.05, 4.69) is 5.32 Å². The number of carboxylic acids is 1. The van der Waals surface area contributed by atoms with Crippen LogP contribution in [0.15, 0.2) is 18.2 Å². The molecule has 1 aromatic heterocycles. The highest BCUT2D eigenvalue weighted by Gasteiger charge is 2.21. The van der Waals surface area contributed by atoms with Crippen LogP contribution in [-0.2, 0) is 11.8 Å². The number of aryl methyl sites for hydroxylation is 1. The lowest BCUT2D eigenvalue weighted by molar-refractivity contribution is -0.114. The van der Waals surface area contributed by atoms with Crippen LogP contribution >= 0.6 is 11.6 Å². The van der Waals surface area contributed by atoms with E-state index >= 15 is 0 Å². The molecule has 94 valence electrons. The Morgan fingerprint density at radius 3 is 2.61 bits per heavy atom. The minimum Gasteiger partial charge on any atom is -0.477 e. The first-order chi connectivity index (χ1) is 8.41. The number of amides is 1. The van der Waals surface area contributed by atoms with Crippen LogP contribution in [0.2, 0.25) is 5.02 Å². The van der Waals surface area contributed by atoms with Gasteiger partial charge in [-0.3, -0.25) is 4.79 Å². The van der Waals surface area contributed by atoms with E-state index in [1.807, 2.05) is 0 Å². The maximum Gasteiger partial charge on any atom is 0.354 e. The molecule has 0 aliphatic carbocycles. The van der Waals surface area contributed by atoms with Crippen LogP contribution < -0.4 is 5.32 Å². The number of anilines is 1.